The van der Waals surface area contributed by atoms with E-state index in [1.807, 2.05) is 51.6 Å². The minimum atomic E-state index is 0. The van der Waals surface area contributed by atoms with E-state index >= 15 is 0 Å². The van der Waals surface area contributed by atoms with Crippen molar-refractivity contribution < 1.29 is 9.59 Å². The number of nitrogens with zero attached hydrogens (tertiary/aromatic N) is 2. The second-order valence-electron chi connectivity index (χ2n) is 6.25. The average molecular weight is 422 g/mol. The normalized spacial score (nSPS) is 14.3. The van der Waals surface area contributed by atoms with E-state index in [1.165, 1.54) is 0 Å². The Balaban J connectivity index is 0.00000210. The molecule has 142 valence electrons. The Morgan fingerprint density at radius 3 is 2.15 bits per heavy atom. The molecule has 4 rings (SSSR count). The summed E-state index contributed by atoms with van der Waals surface area (Å²) in [6, 6.07) is 11.4. The fourth-order valence-electron chi connectivity index (χ4n) is 3.11. The standard InChI is InChI=1S/C19H19N3O2S2.ClH/c20-12-13-1-3-14(4-2-13)18(23)21-6-8-22(9-7-21)19(24)17-11-16-15(26-17)5-10-25-16;/h1-5,10-11H,6-9,12,20H2;1H. The van der Waals surface area contributed by atoms with E-state index in [0.717, 1.165) is 19.8 Å². The Kier molecular flexibility index (Phi) is 6.16. The third-order valence-electron chi connectivity index (χ3n) is 4.64. The molecule has 2 aromatic heterocycles. The second kappa shape index (κ2) is 8.39. The van der Waals surface area contributed by atoms with Gasteiger partial charge >= 0.3 is 0 Å². The smallest absolute Gasteiger partial charge is 0.264 e. The molecule has 1 aliphatic rings. The number of carbonyl (C=O) groups excluding carboxylic acids is 2. The number of amides is 2. The summed E-state index contributed by atoms with van der Waals surface area (Å²) in [6.07, 6.45) is 0. The highest BCUT2D eigenvalue weighted by molar-refractivity contribution is 7.27. The van der Waals surface area contributed by atoms with Crippen molar-refractivity contribution in [3.8, 4) is 0 Å². The molecular weight excluding hydrogens is 402 g/mol. The summed E-state index contributed by atoms with van der Waals surface area (Å²) in [5.74, 6) is 0.0788. The molecule has 3 heterocycles. The quantitative estimate of drug-likeness (QED) is 0.704. The molecule has 0 aliphatic carbocycles. The van der Waals surface area contributed by atoms with Crippen LogP contribution in [0.5, 0.6) is 0 Å². The van der Waals surface area contributed by atoms with Gasteiger partial charge < -0.3 is 15.5 Å². The van der Waals surface area contributed by atoms with Gasteiger partial charge in [0.05, 0.1) is 4.88 Å². The van der Waals surface area contributed by atoms with Crippen molar-refractivity contribution in [1.29, 1.82) is 0 Å². The lowest BCUT2D eigenvalue weighted by atomic mass is 10.1. The molecule has 0 radical (unpaired) electrons. The van der Waals surface area contributed by atoms with E-state index in [1.54, 1.807) is 22.7 Å². The molecule has 2 N–H and O–H groups in total. The van der Waals surface area contributed by atoms with Crippen molar-refractivity contribution in [3.63, 3.8) is 0 Å². The fraction of sp³-hybridized carbons (Fsp3) is 0.263. The van der Waals surface area contributed by atoms with Gasteiger partial charge in [0.25, 0.3) is 11.8 Å². The summed E-state index contributed by atoms with van der Waals surface area (Å²) in [5, 5.41) is 2.04. The van der Waals surface area contributed by atoms with Crippen molar-refractivity contribution in [3.05, 3.63) is 57.8 Å². The van der Waals surface area contributed by atoms with Crippen LogP contribution in [0.1, 0.15) is 25.6 Å². The third kappa shape index (κ3) is 4.01. The lowest BCUT2D eigenvalue weighted by Gasteiger charge is -2.34. The number of rotatable bonds is 3. The maximum absolute atomic E-state index is 12.7. The van der Waals surface area contributed by atoms with E-state index in [2.05, 4.69) is 0 Å². The van der Waals surface area contributed by atoms with Crippen LogP contribution in [-0.2, 0) is 6.54 Å². The number of nitrogens with two attached hydrogens (primary N) is 1. The highest BCUT2D eigenvalue weighted by atomic mass is 35.5. The van der Waals surface area contributed by atoms with Crippen LogP contribution in [-0.4, -0.2) is 47.8 Å². The Bertz CT molecular complexity index is 915. The zero-order valence-electron chi connectivity index (χ0n) is 14.6. The maximum atomic E-state index is 12.7. The number of fused-ring (bicyclic) bond motifs is 1. The van der Waals surface area contributed by atoms with Crippen LogP contribution < -0.4 is 5.73 Å². The van der Waals surface area contributed by atoms with E-state index in [9.17, 15) is 9.59 Å². The van der Waals surface area contributed by atoms with Crippen LogP contribution in [0, 0.1) is 0 Å². The minimum Gasteiger partial charge on any atom is -0.335 e. The number of hydrogen-bond donors (Lipinski definition) is 1. The predicted octanol–water partition coefficient (Wildman–Crippen LogP) is 3.44. The van der Waals surface area contributed by atoms with Gasteiger partial charge in [0.1, 0.15) is 0 Å². The van der Waals surface area contributed by atoms with Gasteiger partial charge in [0.2, 0.25) is 0 Å². The largest absolute Gasteiger partial charge is 0.335 e. The summed E-state index contributed by atoms with van der Waals surface area (Å²) in [6.45, 7) is 2.72. The molecule has 2 amide bonds. The van der Waals surface area contributed by atoms with Gasteiger partial charge in [0, 0.05) is 47.7 Å². The van der Waals surface area contributed by atoms with Gasteiger partial charge in [-0.15, -0.1) is 35.1 Å². The zero-order valence-corrected chi connectivity index (χ0v) is 17.0. The summed E-state index contributed by atoms with van der Waals surface area (Å²) in [4.78, 5) is 29.8. The molecule has 3 aromatic rings. The highest BCUT2D eigenvalue weighted by Gasteiger charge is 2.26. The monoisotopic (exact) mass is 421 g/mol. The molecule has 0 bridgehead atoms. The Morgan fingerprint density at radius 1 is 0.926 bits per heavy atom. The predicted molar refractivity (Wildman–Crippen MR) is 113 cm³/mol. The molecule has 8 heteroatoms. The molecule has 0 atom stereocenters. The van der Waals surface area contributed by atoms with Crippen molar-refractivity contribution in [2.24, 2.45) is 5.73 Å². The van der Waals surface area contributed by atoms with Crippen LogP contribution in [0.2, 0.25) is 0 Å². The zero-order chi connectivity index (χ0) is 18.1. The molecule has 1 aliphatic heterocycles. The lowest BCUT2D eigenvalue weighted by molar-refractivity contribution is 0.0538. The number of hydrogen-bond acceptors (Lipinski definition) is 5. The van der Waals surface area contributed by atoms with Crippen LogP contribution in [0.15, 0.2) is 41.8 Å². The Labute approximate surface area is 171 Å². The molecule has 0 unspecified atom stereocenters. The maximum Gasteiger partial charge on any atom is 0.264 e. The van der Waals surface area contributed by atoms with Crippen molar-refractivity contribution >= 4 is 56.3 Å². The van der Waals surface area contributed by atoms with Gasteiger partial charge in [-0.3, -0.25) is 9.59 Å². The van der Waals surface area contributed by atoms with E-state index in [4.69, 9.17) is 5.73 Å². The number of benzene rings is 1. The van der Waals surface area contributed by atoms with E-state index < -0.39 is 0 Å². The van der Waals surface area contributed by atoms with Crippen molar-refractivity contribution in [1.82, 2.24) is 9.80 Å². The summed E-state index contributed by atoms with van der Waals surface area (Å²) < 4.78 is 2.32. The molecule has 1 aromatic carbocycles. The third-order valence-corrected chi connectivity index (χ3v) is 6.72. The first kappa shape index (κ1) is 19.8. The van der Waals surface area contributed by atoms with E-state index in [0.29, 0.717) is 38.3 Å². The van der Waals surface area contributed by atoms with Crippen molar-refractivity contribution in [2.75, 3.05) is 26.2 Å². The number of halogens is 1. The molecule has 1 saturated heterocycles. The first-order chi connectivity index (χ1) is 12.7. The van der Waals surface area contributed by atoms with Crippen molar-refractivity contribution in [2.45, 2.75) is 6.54 Å². The van der Waals surface area contributed by atoms with Gasteiger partial charge in [-0.05, 0) is 35.2 Å². The van der Waals surface area contributed by atoms with Gasteiger partial charge in [-0.2, -0.15) is 0 Å². The van der Waals surface area contributed by atoms with Gasteiger partial charge in [-0.1, -0.05) is 12.1 Å². The molecule has 1 fully saturated rings. The molecular formula is C19H20ClN3O2S2. The fourth-order valence-corrected chi connectivity index (χ4v) is 5.18. The Morgan fingerprint density at radius 2 is 1.56 bits per heavy atom. The molecule has 27 heavy (non-hydrogen) atoms. The van der Waals surface area contributed by atoms with Crippen LogP contribution in [0.4, 0.5) is 0 Å². The summed E-state index contributed by atoms with van der Waals surface area (Å²) >= 11 is 3.20. The average Bonchev–Trinajstić information content (AvgIpc) is 3.29. The number of thiophene rings is 2. The molecule has 0 spiro atoms. The van der Waals surface area contributed by atoms with Gasteiger partial charge in [0.15, 0.2) is 0 Å². The summed E-state index contributed by atoms with van der Waals surface area (Å²) in [7, 11) is 0. The first-order valence-corrected chi connectivity index (χ1v) is 10.2. The molecule has 0 saturated carbocycles. The highest BCUT2D eigenvalue weighted by Crippen LogP contribution is 2.30. The molecule has 5 nitrogen and oxygen atoms in total. The summed E-state index contributed by atoms with van der Waals surface area (Å²) in [5.41, 5.74) is 7.27. The van der Waals surface area contributed by atoms with E-state index in [-0.39, 0.29) is 24.2 Å². The number of piperazine rings is 1. The lowest BCUT2D eigenvalue weighted by Crippen LogP contribution is -2.50. The minimum absolute atomic E-state index is 0. The van der Waals surface area contributed by atoms with Crippen LogP contribution in [0.3, 0.4) is 0 Å². The van der Waals surface area contributed by atoms with Crippen LogP contribution in [0.25, 0.3) is 9.40 Å². The SMILES string of the molecule is Cl.NCc1ccc(C(=O)N2CCN(C(=O)c3cc4sccc4s3)CC2)cc1. The van der Waals surface area contributed by atoms with Gasteiger partial charge in [-0.25, -0.2) is 0 Å². The second-order valence-corrected chi connectivity index (χ2v) is 8.28. The topological polar surface area (TPSA) is 66.6 Å². The van der Waals surface area contributed by atoms with Crippen LogP contribution >= 0.6 is 35.1 Å². The first-order valence-electron chi connectivity index (χ1n) is 8.50. The Hall–Kier alpha value is -1.93. The number of carbonyl (C=O) groups is 2.